The fraction of sp³-hybridized carbons (Fsp3) is 0.542. The Hall–Kier alpha value is -2.67. The molecule has 1 unspecified atom stereocenters. The van der Waals surface area contributed by atoms with Crippen LogP contribution in [0.25, 0.3) is 0 Å². The van der Waals surface area contributed by atoms with E-state index in [1.165, 1.54) is 11.1 Å². The Balaban J connectivity index is 1.53. The SMILES string of the molecule is CCc1nc(C)nc(N2CCN(C(=O)C3CCOC3)CC2)c1Cc1ccc(OC)cc1. The number of piperazine rings is 1. The molecular weight excluding hydrogens is 392 g/mol. The highest BCUT2D eigenvalue weighted by atomic mass is 16.5. The molecule has 0 N–H and O–H groups in total. The number of anilines is 1. The molecule has 31 heavy (non-hydrogen) atoms. The normalized spacial score (nSPS) is 19.0. The van der Waals surface area contributed by atoms with Gasteiger partial charge in [-0.05, 0) is 37.5 Å². The fourth-order valence-corrected chi connectivity index (χ4v) is 4.45. The number of aryl methyl sites for hydroxylation is 2. The van der Waals surface area contributed by atoms with Crippen molar-refractivity contribution in [1.82, 2.24) is 14.9 Å². The number of methoxy groups -OCH3 is 1. The predicted octanol–water partition coefficient (Wildman–Crippen LogP) is 2.63. The van der Waals surface area contributed by atoms with E-state index in [0.29, 0.717) is 13.2 Å². The maximum atomic E-state index is 12.8. The predicted molar refractivity (Wildman–Crippen MR) is 120 cm³/mol. The Labute approximate surface area is 184 Å². The second kappa shape index (κ2) is 9.64. The van der Waals surface area contributed by atoms with E-state index < -0.39 is 0 Å². The smallest absolute Gasteiger partial charge is 0.228 e. The van der Waals surface area contributed by atoms with E-state index in [4.69, 9.17) is 19.4 Å². The summed E-state index contributed by atoms with van der Waals surface area (Å²) in [5, 5.41) is 0. The van der Waals surface area contributed by atoms with Crippen molar-refractivity contribution in [3.05, 3.63) is 46.9 Å². The highest BCUT2D eigenvalue weighted by molar-refractivity contribution is 5.79. The summed E-state index contributed by atoms with van der Waals surface area (Å²) in [7, 11) is 1.68. The van der Waals surface area contributed by atoms with Gasteiger partial charge in [0.15, 0.2) is 0 Å². The molecule has 2 aromatic rings. The summed E-state index contributed by atoms with van der Waals surface area (Å²) in [5.41, 5.74) is 3.49. The molecule has 1 aromatic heterocycles. The zero-order valence-electron chi connectivity index (χ0n) is 18.8. The molecular formula is C24H32N4O3. The molecule has 2 saturated heterocycles. The van der Waals surface area contributed by atoms with Gasteiger partial charge in [-0.3, -0.25) is 4.79 Å². The summed E-state index contributed by atoms with van der Waals surface area (Å²) in [4.78, 5) is 26.6. The fourth-order valence-electron chi connectivity index (χ4n) is 4.45. The Morgan fingerprint density at radius 2 is 1.90 bits per heavy atom. The summed E-state index contributed by atoms with van der Waals surface area (Å²) < 4.78 is 10.7. The van der Waals surface area contributed by atoms with Gasteiger partial charge in [0.1, 0.15) is 17.4 Å². The maximum absolute atomic E-state index is 12.8. The summed E-state index contributed by atoms with van der Waals surface area (Å²) in [5.74, 6) is 2.94. The van der Waals surface area contributed by atoms with Crippen molar-refractivity contribution in [2.24, 2.45) is 5.92 Å². The number of hydrogen-bond acceptors (Lipinski definition) is 6. The van der Waals surface area contributed by atoms with Crippen molar-refractivity contribution in [3.8, 4) is 5.75 Å². The van der Waals surface area contributed by atoms with Crippen molar-refractivity contribution in [3.63, 3.8) is 0 Å². The van der Waals surface area contributed by atoms with Crippen molar-refractivity contribution >= 4 is 11.7 Å². The first-order valence-electron chi connectivity index (χ1n) is 11.2. The van der Waals surface area contributed by atoms with Crippen LogP contribution >= 0.6 is 0 Å². The summed E-state index contributed by atoms with van der Waals surface area (Å²) >= 11 is 0. The van der Waals surface area contributed by atoms with Gasteiger partial charge < -0.3 is 19.3 Å². The zero-order valence-corrected chi connectivity index (χ0v) is 18.8. The molecule has 4 rings (SSSR count). The molecule has 3 heterocycles. The van der Waals surface area contributed by atoms with E-state index >= 15 is 0 Å². The van der Waals surface area contributed by atoms with Crippen LogP contribution in [0.15, 0.2) is 24.3 Å². The van der Waals surface area contributed by atoms with Crippen LogP contribution < -0.4 is 9.64 Å². The van der Waals surface area contributed by atoms with Gasteiger partial charge >= 0.3 is 0 Å². The number of nitrogens with zero attached hydrogens (tertiary/aromatic N) is 4. The highest BCUT2D eigenvalue weighted by Gasteiger charge is 2.31. The molecule has 1 amide bonds. The lowest BCUT2D eigenvalue weighted by Gasteiger charge is -2.37. The topological polar surface area (TPSA) is 67.8 Å². The minimum Gasteiger partial charge on any atom is -0.497 e. The molecule has 2 aliphatic heterocycles. The second-order valence-corrected chi connectivity index (χ2v) is 8.27. The molecule has 0 spiro atoms. The summed E-state index contributed by atoms with van der Waals surface area (Å²) in [6.07, 6.45) is 2.49. The molecule has 166 valence electrons. The first-order chi connectivity index (χ1) is 15.1. The minimum atomic E-state index is 0.0326. The van der Waals surface area contributed by atoms with Crippen LogP contribution in [0.1, 0.15) is 36.0 Å². The lowest BCUT2D eigenvalue weighted by atomic mass is 10.0. The molecule has 1 atom stereocenters. The van der Waals surface area contributed by atoms with Gasteiger partial charge in [0, 0.05) is 50.5 Å². The molecule has 7 heteroatoms. The van der Waals surface area contributed by atoms with E-state index in [0.717, 1.165) is 68.5 Å². The van der Waals surface area contributed by atoms with Gasteiger partial charge in [-0.2, -0.15) is 0 Å². The van der Waals surface area contributed by atoms with Crippen molar-refractivity contribution in [1.29, 1.82) is 0 Å². The summed E-state index contributed by atoms with van der Waals surface area (Å²) in [6.45, 7) is 8.39. The van der Waals surface area contributed by atoms with Crippen LogP contribution in [-0.4, -0.2) is 67.3 Å². The van der Waals surface area contributed by atoms with Crippen LogP contribution in [0, 0.1) is 12.8 Å². The number of amides is 1. The maximum Gasteiger partial charge on any atom is 0.228 e. The highest BCUT2D eigenvalue weighted by Crippen LogP contribution is 2.27. The van der Waals surface area contributed by atoms with E-state index in [9.17, 15) is 4.79 Å². The van der Waals surface area contributed by atoms with E-state index in [-0.39, 0.29) is 11.8 Å². The van der Waals surface area contributed by atoms with Gasteiger partial charge in [-0.1, -0.05) is 19.1 Å². The minimum absolute atomic E-state index is 0.0326. The molecule has 0 aliphatic carbocycles. The molecule has 0 saturated carbocycles. The van der Waals surface area contributed by atoms with Crippen molar-refractivity contribution in [2.75, 3.05) is 51.4 Å². The van der Waals surface area contributed by atoms with Gasteiger partial charge in [0.05, 0.1) is 19.6 Å². The molecule has 7 nitrogen and oxygen atoms in total. The van der Waals surface area contributed by atoms with Crippen LogP contribution in [-0.2, 0) is 22.4 Å². The number of aromatic nitrogens is 2. The number of benzene rings is 1. The number of ether oxygens (including phenoxy) is 2. The van der Waals surface area contributed by atoms with Crippen LogP contribution in [0.5, 0.6) is 5.75 Å². The quantitative estimate of drug-likeness (QED) is 0.710. The van der Waals surface area contributed by atoms with Gasteiger partial charge in [0.25, 0.3) is 0 Å². The van der Waals surface area contributed by atoms with Crippen molar-refractivity contribution < 1.29 is 14.3 Å². The monoisotopic (exact) mass is 424 g/mol. The Morgan fingerprint density at radius 3 is 2.52 bits per heavy atom. The van der Waals surface area contributed by atoms with E-state index in [1.54, 1.807) is 7.11 Å². The number of carbonyl (C=O) groups excluding carboxylic acids is 1. The average Bonchev–Trinajstić information content (AvgIpc) is 3.35. The Kier molecular flexibility index (Phi) is 6.70. The number of hydrogen-bond donors (Lipinski definition) is 0. The molecule has 0 radical (unpaired) electrons. The Morgan fingerprint density at radius 1 is 1.16 bits per heavy atom. The summed E-state index contributed by atoms with van der Waals surface area (Å²) in [6, 6.07) is 8.18. The van der Waals surface area contributed by atoms with Gasteiger partial charge in [-0.25, -0.2) is 9.97 Å². The first-order valence-corrected chi connectivity index (χ1v) is 11.2. The van der Waals surface area contributed by atoms with Crippen LogP contribution in [0.3, 0.4) is 0 Å². The molecule has 0 bridgehead atoms. The Bertz CT molecular complexity index is 902. The lowest BCUT2D eigenvalue weighted by Crippen LogP contribution is -2.51. The molecule has 2 fully saturated rings. The largest absolute Gasteiger partial charge is 0.497 e. The standard InChI is InChI=1S/C24H32N4O3/c1-4-22-21(15-18-5-7-20(30-3)8-6-18)23(26-17(2)25-22)27-10-12-28(13-11-27)24(29)19-9-14-31-16-19/h5-8,19H,4,9-16H2,1-3H3. The first kappa shape index (κ1) is 21.6. The third-order valence-electron chi connectivity index (χ3n) is 6.23. The second-order valence-electron chi connectivity index (χ2n) is 8.27. The zero-order chi connectivity index (χ0) is 21.8. The number of carbonyl (C=O) groups is 1. The van der Waals surface area contributed by atoms with E-state index in [2.05, 4.69) is 24.0 Å². The lowest BCUT2D eigenvalue weighted by molar-refractivity contribution is -0.135. The third kappa shape index (κ3) is 4.82. The third-order valence-corrected chi connectivity index (χ3v) is 6.23. The van der Waals surface area contributed by atoms with Crippen LogP contribution in [0.4, 0.5) is 5.82 Å². The van der Waals surface area contributed by atoms with Crippen molar-refractivity contribution in [2.45, 2.75) is 33.1 Å². The van der Waals surface area contributed by atoms with Gasteiger partial charge in [-0.15, -0.1) is 0 Å². The van der Waals surface area contributed by atoms with Gasteiger partial charge in [0.2, 0.25) is 5.91 Å². The number of rotatable bonds is 6. The molecule has 2 aliphatic rings. The van der Waals surface area contributed by atoms with E-state index in [1.807, 2.05) is 24.0 Å². The van der Waals surface area contributed by atoms with Crippen LogP contribution in [0.2, 0.25) is 0 Å². The average molecular weight is 425 g/mol. The molecule has 1 aromatic carbocycles.